The number of fused-ring (bicyclic) bond motifs is 1. The molecule has 2 amide bonds. The van der Waals surface area contributed by atoms with E-state index < -0.39 is 0 Å². The summed E-state index contributed by atoms with van der Waals surface area (Å²) in [4.78, 5) is 30.2. The number of amides is 2. The van der Waals surface area contributed by atoms with Crippen LogP contribution in [0, 0.1) is 0 Å². The molecule has 1 atom stereocenters. The number of rotatable bonds is 6. The molecule has 1 unspecified atom stereocenters. The highest BCUT2D eigenvalue weighted by molar-refractivity contribution is 6.03. The van der Waals surface area contributed by atoms with E-state index in [9.17, 15) is 9.59 Å². The zero-order valence-corrected chi connectivity index (χ0v) is 21.1. The predicted octanol–water partition coefficient (Wildman–Crippen LogP) is 5.17. The number of hydrogen-bond donors (Lipinski definition) is 1. The number of aryl methyl sites for hydroxylation is 1. The van der Waals surface area contributed by atoms with Crippen molar-refractivity contribution in [2.24, 2.45) is 0 Å². The van der Waals surface area contributed by atoms with Crippen molar-refractivity contribution in [3.63, 3.8) is 0 Å². The average molecular weight is 487 g/mol. The molecule has 5 rings (SSSR count). The van der Waals surface area contributed by atoms with Crippen LogP contribution >= 0.6 is 0 Å². The highest BCUT2D eigenvalue weighted by atomic mass is 16.5. The molecule has 2 heterocycles. The van der Waals surface area contributed by atoms with Gasteiger partial charge in [0, 0.05) is 38.1 Å². The van der Waals surface area contributed by atoms with Gasteiger partial charge in [0.25, 0.3) is 5.91 Å². The summed E-state index contributed by atoms with van der Waals surface area (Å²) in [7, 11) is 4.00. The van der Waals surface area contributed by atoms with Crippen LogP contribution in [-0.2, 0) is 24.1 Å². The molecule has 7 heteroatoms. The molecule has 188 valence electrons. The number of likely N-dealkylation sites (tertiary alicyclic amines) is 1. The van der Waals surface area contributed by atoms with Gasteiger partial charge >= 0.3 is 0 Å². The third-order valence-electron chi connectivity index (χ3n) is 7.36. The van der Waals surface area contributed by atoms with E-state index >= 15 is 0 Å². The van der Waals surface area contributed by atoms with Gasteiger partial charge in [0.05, 0.1) is 12.5 Å². The number of aromatic nitrogens is 1. The van der Waals surface area contributed by atoms with E-state index in [-0.39, 0.29) is 23.6 Å². The van der Waals surface area contributed by atoms with E-state index in [1.54, 1.807) is 6.07 Å². The van der Waals surface area contributed by atoms with Crippen LogP contribution in [0.4, 0.5) is 11.4 Å². The zero-order valence-electron chi connectivity index (χ0n) is 21.1. The third-order valence-corrected chi connectivity index (χ3v) is 7.36. The molecule has 2 aliphatic rings. The maximum Gasteiger partial charge on any atom is 0.277 e. The number of hydrogen-bond acceptors (Lipinski definition) is 5. The van der Waals surface area contributed by atoms with E-state index in [0.29, 0.717) is 18.7 Å². The number of carbonyl (C=O) groups is 2. The molecule has 1 aliphatic heterocycles. The number of benzene rings is 2. The Morgan fingerprint density at radius 1 is 1.06 bits per heavy atom. The smallest absolute Gasteiger partial charge is 0.277 e. The van der Waals surface area contributed by atoms with Crippen LogP contribution in [0.5, 0.6) is 0 Å². The molecule has 3 aromatic rings. The van der Waals surface area contributed by atoms with Crippen molar-refractivity contribution in [1.82, 2.24) is 10.1 Å². The summed E-state index contributed by atoms with van der Waals surface area (Å²) in [6.45, 7) is 0.678. The van der Waals surface area contributed by atoms with E-state index in [0.717, 1.165) is 55.5 Å². The minimum absolute atomic E-state index is 0.0654. The SMILES string of the molecule is CN(C)c1ccc(CC(=O)N2CCCCC2c2cc(C(=O)Nc3cccc4c3CCCC4)no2)cc1. The first-order valence-corrected chi connectivity index (χ1v) is 12.9. The van der Waals surface area contributed by atoms with E-state index in [2.05, 4.69) is 16.5 Å². The molecule has 36 heavy (non-hydrogen) atoms. The molecular weight excluding hydrogens is 452 g/mol. The number of carbonyl (C=O) groups excluding carboxylic acids is 2. The van der Waals surface area contributed by atoms with Crippen molar-refractivity contribution in [1.29, 1.82) is 0 Å². The van der Waals surface area contributed by atoms with Gasteiger partial charge in [-0.2, -0.15) is 0 Å². The van der Waals surface area contributed by atoms with Crippen molar-refractivity contribution < 1.29 is 14.1 Å². The van der Waals surface area contributed by atoms with Crippen LogP contribution in [0.25, 0.3) is 0 Å². The van der Waals surface area contributed by atoms with Gasteiger partial charge in [0.1, 0.15) is 0 Å². The first-order chi connectivity index (χ1) is 17.5. The Morgan fingerprint density at radius 3 is 2.67 bits per heavy atom. The molecule has 1 saturated heterocycles. The molecule has 0 saturated carbocycles. The molecule has 1 N–H and O–H groups in total. The molecule has 0 radical (unpaired) electrons. The van der Waals surface area contributed by atoms with Crippen molar-refractivity contribution in [3.05, 3.63) is 76.7 Å². The highest BCUT2D eigenvalue weighted by Crippen LogP contribution is 2.33. The van der Waals surface area contributed by atoms with Gasteiger partial charge < -0.3 is 19.6 Å². The monoisotopic (exact) mass is 486 g/mol. The minimum Gasteiger partial charge on any atom is -0.378 e. The van der Waals surface area contributed by atoms with E-state index in [1.807, 2.05) is 60.3 Å². The van der Waals surface area contributed by atoms with Gasteiger partial charge in [-0.05, 0) is 79.8 Å². The summed E-state index contributed by atoms with van der Waals surface area (Å²) in [5.74, 6) is 0.362. The zero-order chi connectivity index (χ0) is 25.1. The van der Waals surface area contributed by atoms with Gasteiger partial charge in [-0.15, -0.1) is 0 Å². The molecular formula is C29H34N4O3. The third kappa shape index (κ3) is 5.15. The topological polar surface area (TPSA) is 78.7 Å². The van der Waals surface area contributed by atoms with Crippen LogP contribution in [-0.4, -0.2) is 42.5 Å². The first-order valence-electron chi connectivity index (χ1n) is 12.9. The summed E-state index contributed by atoms with van der Waals surface area (Å²) in [6.07, 6.45) is 7.46. The number of anilines is 2. The fourth-order valence-electron chi connectivity index (χ4n) is 5.35. The Kier molecular flexibility index (Phi) is 7.07. The Labute approximate surface area is 212 Å². The number of nitrogens with zero attached hydrogens (tertiary/aromatic N) is 3. The maximum atomic E-state index is 13.3. The predicted molar refractivity (Wildman–Crippen MR) is 140 cm³/mol. The quantitative estimate of drug-likeness (QED) is 0.520. The highest BCUT2D eigenvalue weighted by Gasteiger charge is 2.31. The lowest BCUT2D eigenvalue weighted by molar-refractivity contribution is -0.134. The molecule has 0 bridgehead atoms. The Hall–Kier alpha value is -3.61. The Bertz CT molecular complexity index is 1230. The second kappa shape index (κ2) is 10.6. The van der Waals surface area contributed by atoms with Crippen molar-refractivity contribution >= 4 is 23.2 Å². The maximum absolute atomic E-state index is 13.3. The minimum atomic E-state index is -0.279. The van der Waals surface area contributed by atoms with Crippen LogP contribution in [0.3, 0.4) is 0 Å². The van der Waals surface area contributed by atoms with Crippen LogP contribution in [0.15, 0.2) is 53.1 Å². The summed E-state index contributed by atoms with van der Waals surface area (Å²) < 4.78 is 5.64. The molecule has 1 fully saturated rings. The number of piperidine rings is 1. The summed E-state index contributed by atoms with van der Waals surface area (Å²) in [5.41, 5.74) is 5.73. The second-order valence-corrected chi connectivity index (χ2v) is 10.1. The van der Waals surface area contributed by atoms with Gasteiger partial charge in [0.2, 0.25) is 5.91 Å². The van der Waals surface area contributed by atoms with Gasteiger partial charge in [-0.25, -0.2) is 0 Å². The Balaban J connectivity index is 1.28. The fraction of sp³-hybridized carbons (Fsp3) is 0.414. The standard InChI is InChI=1S/C29H34N4O3/c1-32(2)22-15-13-20(14-16-22)18-28(34)33-17-6-5-12-26(33)27-19-25(31-36-27)29(35)30-24-11-7-9-21-8-3-4-10-23(21)24/h7,9,11,13-16,19,26H,3-6,8,10,12,17-18H2,1-2H3,(H,30,35). The normalized spacial score (nSPS) is 17.4. The van der Waals surface area contributed by atoms with Gasteiger partial charge in [-0.3, -0.25) is 9.59 Å². The fourth-order valence-corrected chi connectivity index (χ4v) is 5.35. The lowest BCUT2D eigenvalue weighted by atomic mass is 9.90. The lowest BCUT2D eigenvalue weighted by Crippen LogP contribution is -2.39. The summed E-state index contributed by atoms with van der Waals surface area (Å²) in [6, 6.07) is 15.7. The number of nitrogens with one attached hydrogen (secondary N) is 1. The Morgan fingerprint density at radius 2 is 1.86 bits per heavy atom. The van der Waals surface area contributed by atoms with E-state index in [1.165, 1.54) is 17.5 Å². The van der Waals surface area contributed by atoms with Crippen molar-refractivity contribution in [3.8, 4) is 0 Å². The van der Waals surface area contributed by atoms with Crippen molar-refractivity contribution in [2.45, 2.75) is 57.4 Å². The van der Waals surface area contributed by atoms with Crippen molar-refractivity contribution in [2.75, 3.05) is 30.9 Å². The first kappa shape index (κ1) is 24.1. The van der Waals surface area contributed by atoms with Gasteiger partial charge in [-0.1, -0.05) is 29.4 Å². The average Bonchev–Trinajstić information content (AvgIpc) is 3.40. The molecule has 0 spiro atoms. The van der Waals surface area contributed by atoms with E-state index in [4.69, 9.17) is 4.52 Å². The van der Waals surface area contributed by atoms with Crippen LogP contribution in [0.2, 0.25) is 0 Å². The lowest BCUT2D eigenvalue weighted by Gasteiger charge is -2.34. The largest absolute Gasteiger partial charge is 0.378 e. The van der Waals surface area contributed by atoms with Crippen LogP contribution < -0.4 is 10.2 Å². The molecule has 1 aliphatic carbocycles. The van der Waals surface area contributed by atoms with Crippen LogP contribution in [0.1, 0.15) is 71.1 Å². The molecule has 7 nitrogen and oxygen atoms in total. The molecule has 1 aromatic heterocycles. The second-order valence-electron chi connectivity index (χ2n) is 10.1. The molecule has 2 aromatic carbocycles. The summed E-state index contributed by atoms with van der Waals surface area (Å²) >= 11 is 0. The summed E-state index contributed by atoms with van der Waals surface area (Å²) in [5, 5.41) is 7.11. The van der Waals surface area contributed by atoms with Gasteiger partial charge in [0.15, 0.2) is 11.5 Å².